The van der Waals surface area contributed by atoms with Gasteiger partial charge in [-0.1, -0.05) is 13.8 Å². The Balaban J connectivity index is 2.15. The lowest BCUT2D eigenvalue weighted by molar-refractivity contribution is -0.149. The normalized spacial score (nSPS) is 18.6. The molecule has 1 fully saturated rings. The first-order valence-corrected chi connectivity index (χ1v) is 6.76. The van der Waals surface area contributed by atoms with Crippen molar-refractivity contribution in [2.45, 2.75) is 46.3 Å². The molecule has 0 saturated carbocycles. The minimum absolute atomic E-state index is 0.0663. The SMILES string of the molecule is CC(C)Cn1ncnc1CN1CC(=O)NC(C)(C)C1=O. The molecule has 1 N–H and O–H groups in total. The van der Waals surface area contributed by atoms with Crippen molar-refractivity contribution in [1.82, 2.24) is 25.0 Å². The summed E-state index contributed by atoms with van der Waals surface area (Å²) in [5.74, 6) is 0.894. The van der Waals surface area contributed by atoms with Crippen LogP contribution in [0.1, 0.15) is 33.5 Å². The van der Waals surface area contributed by atoms with Crippen molar-refractivity contribution in [3.8, 4) is 0 Å². The zero-order valence-corrected chi connectivity index (χ0v) is 12.4. The fourth-order valence-electron chi connectivity index (χ4n) is 2.29. The van der Waals surface area contributed by atoms with Crippen LogP contribution >= 0.6 is 0 Å². The molecular formula is C13H21N5O2. The molecule has 7 heteroatoms. The van der Waals surface area contributed by atoms with Crippen LogP contribution in [0.15, 0.2) is 6.33 Å². The number of hydrogen-bond acceptors (Lipinski definition) is 4. The molecule has 0 unspecified atom stereocenters. The van der Waals surface area contributed by atoms with Crippen molar-refractivity contribution in [3.63, 3.8) is 0 Å². The van der Waals surface area contributed by atoms with Gasteiger partial charge >= 0.3 is 0 Å². The van der Waals surface area contributed by atoms with Crippen LogP contribution < -0.4 is 5.32 Å². The minimum Gasteiger partial charge on any atom is -0.341 e. The van der Waals surface area contributed by atoms with E-state index < -0.39 is 5.54 Å². The van der Waals surface area contributed by atoms with E-state index in [1.165, 1.54) is 11.2 Å². The summed E-state index contributed by atoms with van der Waals surface area (Å²) in [6.45, 7) is 8.71. The van der Waals surface area contributed by atoms with Crippen molar-refractivity contribution in [2.75, 3.05) is 6.54 Å². The highest BCUT2D eigenvalue weighted by molar-refractivity contribution is 5.97. The van der Waals surface area contributed by atoms with Crippen LogP contribution in [-0.4, -0.2) is 43.6 Å². The highest BCUT2D eigenvalue weighted by Crippen LogP contribution is 2.15. The Kier molecular flexibility index (Phi) is 3.78. The predicted octanol–water partition coefficient (Wildman–Crippen LogP) is 0.171. The van der Waals surface area contributed by atoms with E-state index in [1.54, 1.807) is 18.5 Å². The molecule has 110 valence electrons. The quantitative estimate of drug-likeness (QED) is 0.852. The third kappa shape index (κ3) is 2.97. The van der Waals surface area contributed by atoms with Gasteiger partial charge in [-0.2, -0.15) is 5.10 Å². The van der Waals surface area contributed by atoms with Crippen LogP contribution in [0.3, 0.4) is 0 Å². The third-order valence-electron chi connectivity index (χ3n) is 3.17. The van der Waals surface area contributed by atoms with Gasteiger partial charge in [-0.05, 0) is 19.8 Å². The number of nitrogens with one attached hydrogen (secondary N) is 1. The second kappa shape index (κ2) is 5.22. The predicted molar refractivity (Wildman–Crippen MR) is 72.5 cm³/mol. The fraction of sp³-hybridized carbons (Fsp3) is 0.692. The zero-order valence-electron chi connectivity index (χ0n) is 12.4. The Morgan fingerprint density at radius 1 is 1.40 bits per heavy atom. The van der Waals surface area contributed by atoms with Crippen LogP contribution in [0.25, 0.3) is 0 Å². The molecule has 0 bridgehead atoms. The Labute approximate surface area is 118 Å². The van der Waals surface area contributed by atoms with E-state index in [9.17, 15) is 9.59 Å². The molecule has 20 heavy (non-hydrogen) atoms. The summed E-state index contributed by atoms with van der Waals surface area (Å²) in [4.78, 5) is 29.7. The highest BCUT2D eigenvalue weighted by Gasteiger charge is 2.39. The maximum absolute atomic E-state index is 12.3. The van der Waals surface area contributed by atoms with Crippen LogP contribution in [0.2, 0.25) is 0 Å². The smallest absolute Gasteiger partial charge is 0.248 e. The average Bonchev–Trinajstić information content (AvgIpc) is 2.71. The Hall–Kier alpha value is -1.92. The van der Waals surface area contributed by atoms with Gasteiger partial charge in [0, 0.05) is 6.54 Å². The number of rotatable bonds is 4. The van der Waals surface area contributed by atoms with E-state index >= 15 is 0 Å². The van der Waals surface area contributed by atoms with Gasteiger partial charge in [0.1, 0.15) is 24.2 Å². The van der Waals surface area contributed by atoms with Gasteiger partial charge in [0.15, 0.2) is 0 Å². The van der Waals surface area contributed by atoms with E-state index in [0.29, 0.717) is 18.3 Å². The van der Waals surface area contributed by atoms with Crippen LogP contribution in [0.4, 0.5) is 0 Å². The molecule has 0 atom stereocenters. The highest BCUT2D eigenvalue weighted by atomic mass is 16.2. The number of piperazine rings is 1. The first-order chi connectivity index (χ1) is 9.29. The monoisotopic (exact) mass is 279 g/mol. The molecule has 1 aromatic rings. The van der Waals surface area contributed by atoms with Gasteiger partial charge < -0.3 is 10.2 Å². The van der Waals surface area contributed by atoms with Crippen molar-refractivity contribution in [3.05, 3.63) is 12.2 Å². The van der Waals surface area contributed by atoms with Crippen molar-refractivity contribution >= 4 is 11.8 Å². The van der Waals surface area contributed by atoms with Crippen molar-refractivity contribution < 1.29 is 9.59 Å². The molecule has 0 spiro atoms. The third-order valence-corrected chi connectivity index (χ3v) is 3.17. The molecule has 7 nitrogen and oxygen atoms in total. The largest absolute Gasteiger partial charge is 0.341 e. The topological polar surface area (TPSA) is 80.1 Å². The van der Waals surface area contributed by atoms with E-state index in [4.69, 9.17) is 0 Å². The summed E-state index contributed by atoms with van der Waals surface area (Å²) in [7, 11) is 0. The summed E-state index contributed by atoms with van der Waals surface area (Å²) in [6.07, 6.45) is 1.48. The maximum Gasteiger partial charge on any atom is 0.248 e. The summed E-state index contributed by atoms with van der Waals surface area (Å²) in [5.41, 5.74) is -0.863. The summed E-state index contributed by atoms with van der Waals surface area (Å²) in [6, 6.07) is 0. The number of carbonyl (C=O) groups excluding carboxylic acids is 2. The number of hydrogen-bond donors (Lipinski definition) is 1. The Morgan fingerprint density at radius 3 is 2.75 bits per heavy atom. The van der Waals surface area contributed by atoms with Crippen LogP contribution in [0, 0.1) is 5.92 Å². The lowest BCUT2D eigenvalue weighted by atomic mass is 10.0. The first kappa shape index (κ1) is 14.5. The fourth-order valence-corrected chi connectivity index (χ4v) is 2.29. The van der Waals surface area contributed by atoms with Crippen LogP contribution in [-0.2, 0) is 22.7 Å². The van der Waals surface area contributed by atoms with E-state index in [1.807, 2.05) is 0 Å². The van der Waals surface area contributed by atoms with Crippen molar-refractivity contribution in [1.29, 1.82) is 0 Å². The Morgan fingerprint density at radius 2 is 2.10 bits per heavy atom. The van der Waals surface area contributed by atoms with E-state index in [-0.39, 0.29) is 18.4 Å². The van der Waals surface area contributed by atoms with Crippen molar-refractivity contribution in [2.24, 2.45) is 5.92 Å². The number of amides is 2. The standard InChI is InChI=1S/C13H21N5O2/c1-9(2)5-18-10(14-8-15-18)6-17-7-11(19)16-13(3,4)12(17)20/h8-9H,5-7H2,1-4H3,(H,16,19). The zero-order chi connectivity index (χ0) is 14.9. The molecular weight excluding hydrogens is 258 g/mol. The average molecular weight is 279 g/mol. The van der Waals surface area contributed by atoms with Gasteiger partial charge in [-0.15, -0.1) is 0 Å². The first-order valence-electron chi connectivity index (χ1n) is 6.76. The van der Waals surface area contributed by atoms with E-state index in [2.05, 4.69) is 29.2 Å². The molecule has 1 aliphatic heterocycles. The maximum atomic E-state index is 12.3. The van der Waals surface area contributed by atoms with Gasteiger partial charge in [-0.3, -0.25) is 9.59 Å². The lowest BCUT2D eigenvalue weighted by Crippen LogP contribution is -2.63. The summed E-state index contributed by atoms with van der Waals surface area (Å²) in [5, 5.41) is 6.86. The molecule has 0 aliphatic carbocycles. The molecule has 2 amide bonds. The molecule has 1 aromatic heterocycles. The molecule has 0 aromatic carbocycles. The molecule has 2 rings (SSSR count). The van der Waals surface area contributed by atoms with Gasteiger partial charge in [0.25, 0.3) is 0 Å². The number of carbonyl (C=O) groups is 2. The van der Waals surface area contributed by atoms with Gasteiger partial charge in [0.05, 0.1) is 6.54 Å². The number of nitrogens with zero attached hydrogens (tertiary/aromatic N) is 4. The minimum atomic E-state index is -0.863. The summed E-state index contributed by atoms with van der Waals surface area (Å²) >= 11 is 0. The second-order valence-corrected chi connectivity index (χ2v) is 6.09. The van der Waals surface area contributed by atoms with Gasteiger partial charge in [0.2, 0.25) is 11.8 Å². The second-order valence-electron chi connectivity index (χ2n) is 6.09. The van der Waals surface area contributed by atoms with Gasteiger partial charge in [-0.25, -0.2) is 9.67 Å². The van der Waals surface area contributed by atoms with Crippen LogP contribution in [0.5, 0.6) is 0 Å². The Bertz CT molecular complexity index is 521. The molecule has 2 heterocycles. The molecule has 1 saturated heterocycles. The lowest BCUT2D eigenvalue weighted by Gasteiger charge is -2.37. The van der Waals surface area contributed by atoms with E-state index in [0.717, 1.165) is 6.54 Å². The molecule has 1 aliphatic rings. The number of aromatic nitrogens is 3. The molecule has 0 radical (unpaired) electrons. The summed E-state index contributed by atoms with van der Waals surface area (Å²) < 4.78 is 1.79.